The Morgan fingerprint density at radius 2 is 1.78 bits per heavy atom. The summed E-state index contributed by atoms with van der Waals surface area (Å²) < 4.78 is 5.33. The molecule has 2 N–H and O–H groups in total. The molecule has 4 rings (SSSR count). The lowest BCUT2D eigenvalue weighted by Crippen LogP contribution is -2.32. The molecule has 1 aromatic heterocycles. The number of hydrogen-bond donors (Lipinski definition) is 1. The molecule has 27 heavy (non-hydrogen) atoms. The van der Waals surface area contributed by atoms with Gasteiger partial charge in [-0.1, -0.05) is 62.3 Å². The van der Waals surface area contributed by atoms with E-state index < -0.39 is 5.41 Å². The number of benzene rings is 2. The number of aryl methyl sites for hydroxylation is 1. The van der Waals surface area contributed by atoms with E-state index in [0.717, 1.165) is 24.1 Å². The lowest BCUT2D eigenvalue weighted by molar-refractivity contribution is 0.283. The Hall–Kier alpha value is -2.62. The average molecular weight is 361 g/mol. The third-order valence-corrected chi connectivity index (χ3v) is 5.53. The molecule has 0 fully saturated rings. The minimum absolute atomic E-state index is 0.0811. The number of fused-ring (bicyclic) bond motifs is 3. The van der Waals surface area contributed by atoms with Gasteiger partial charge in [0.15, 0.2) is 5.82 Å². The highest BCUT2D eigenvalue weighted by molar-refractivity contribution is 5.83. The van der Waals surface area contributed by atoms with E-state index in [4.69, 9.17) is 10.3 Å². The van der Waals surface area contributed by atoms with E-state index in [1.807, 2.05) is 6.92 Å². The van der Waals surface area contributed by atoms with Crippen LogP contribution in [0.3, 0.4) is 0 Å². The maximum Gasteiger partial charge on any atom is 0.223 e. The van der Waals surface area contributed by atoms with Crippen molar-refractivity contribution >= 4 is 5.69 Å². The van der Waals surface area contributed by atoms with Crippen LogP contribution in [0.5, 0.6) is 0 Å². The van der Waals surface area contributed by atoms with Gasteiger partial charge in [0.1, 0.15) is 0 Å². The van der Waals surface area contributed by atoms with Crippen molar-refractivity contribution in [3.63, 3.8) is 0 Å². The van der Waals surface area contributed by atoms with Crippen LogP contribution in [0.25, 0.3) is 11.1 Å². The van der Waals surface area contributed by atoms with Gasteiger partial charge in [-0.05, 0) is 46.6 Å². The summed E-state index contributed by atoms with van der Waals surface area (Å²) in [4.78, 5) is 4.58. The van der Waals surface area contributed by atoms with Crippen LogP contribution in [0.2, 0.25) is 0 Å². The lowest BCUT2D eigenvalue weighted by Gasteiger charge is -2.35. The Kier molecular flexibility index (Phi) is 3.91. The van der Waals surface area contributed by atoms with Crippen LogP contribution < -0.4 is 5.73 Å². The van der Waals surface area contributed by atoms with Crippen molar-refractivity contribution in [2.75, 3.05) is 5.73 Å². The zero-order valence-corrected chi connectivity index (χ0v) is 16.8. The van der Waals surface area contributed by atoms with Crippen LogP contribution in [0, 0.1) is 12.3 Å². The van der Waals surface area contributed by atoms with Gasteiger partial charge in [0.2, 0.25) is 5.89 Å². The largest absolute Gasteiger partial charge is 0.398 e. The fraction of sp³-hybridized carbons (Fsp3) is 0.391. The highest BCUT2D eigenvalue weighted by Crippen LogP contribution is 2.47. The minimum atomic E-state index is -0.413. The van der Waals surface area contributed by atoms with Gasteiger partial charge in [-0.15, -0.1) is 0 Å². The van der Waals surface area contributed by atoms with E-state index in [9.17, 15) is 0 Å². The van der Waals surface area contributed by atoms with Crippen molar-refractivity contribution in [1.82, 2.24) is 10.1 Å². The predicted octanol–water partition coefficient (Wildman–Crippen LogP) is 5.27. The smallest absolute Gasteiger partial charge is 0.223 e. The SMILES string of the molecule is Cc1nc([C@@](C)(CC(C)(C)C)c2ccc3c(c2N)Cc2ccccc2-3)no1. The number of nitrogens with two attached hydrogens (primary N) is 1. The Balaban J connectivity index is 1.88. The molecule has 4 nitrogen and oxygen atoms in total. The lowest BCUT2D eigenvalue weighted by atomic mass is 9.69. The summed E-state index contributed by atoms with van der Waals surface area (Å²) in [6, 6.07) is 12.9. The first-order valence-electron chi connectivity index (χ1n) is 9.50. The second-order valence-corrected chi connectivity index (χ2v) is 9.09. The van der Waals surface area contributed by atoms with E-state index in [1.165, 1.54) is 22.3 Å². The van der Waals surface area contributed by atoms with Crippen molar-refractivity contribution in [2.24, 2.45) is 5.41 Å². The molecule has 4 heteroatoms. The van der Waals surface area contributed by atoms with Crippen LogP contribution in [0.1, 0.15) is 62.5 Å². The van der Waals surface area contributed by atoms with Gasteiger partial charge in [-0.3, -0.25) is 0 Å². The number of hydrogen-bond acceptors (Lipinski definition) is 4. The molecule has 140 valence electrons. The summed E-state index contributed by atoms with van der Waals surface area (Å²) in [6.45, 7) is 10.7. The molecule has 1 atom stereocenters. The predicted molar refractivity (Wildman–Crippen MR) is 109 cm³/mol. The zero-order chi connectivity index (χ0) is 19.4. The Morgan fingerprint density at radius 1 is 1.04 bits per heavy atom. The molecule has 2 aromatic carbocycles. The number of anilines is 1. The third kappa shape index (κ3) is 2.93. The maximum atomic E-state index is 6.78. The molecule has 0 unspecified atom stereocenters. The summed E-state index contributed by atoms with van der Waals surface area (Å²) >= 11 is 0. The molecule has 3 aromatic rings. The van der Waals surface area contributed by atoms with E-state index >= 15 is 0 Å². The molecule has 0 bridgehead atoms. The first-order chi connectivity index (χ1) is 12.7. The van der Waals surface area contributed by atoms with Gasteiger partial charge < -0.3 is 10.3 Å². The molecule has 0 aliphatic heterocycles. The maximum absolute atomic E-state index is 6.78. The Bertz CT molecular complexity index is 1010. The summed E-state index contributed by atoms with van der Waals surface area (Å²) in [5, 5.41) is 4.28. The standard InChI is InChI=1S/C23H27N3O/c1-14-25-21(26-27-14)23(5,13-22(2,3)4)19-11-10-17-16-9-7-6-8-15(16)12-18(17)20(19)24/h6-11H,12-13,24H2,1-5H3/t23-/m0/s1. The van der Waals surface area contributed by atoms with E-state index in [-0.39, 0.29) is 5.41 Å². The monoisotopic (exact) mass is 361 g/mol. The molecule has 0 radical (unpaired) electrons. The van der Waals surface area contributed by atoms with Crippen LogP contribution in [0.4, 0.5) is 5.69 Å². The summed E-state index contributed by atoms with van der Waals surface area (Å²) in [5.41, 5.74) is 13.5. The van der Waals surface area contributed by atoms with E-state index in [1.54, 1.807) is 0 Å². The molecule has 0 spiro atoms. The summed E-state index contributed by atoms with van der Waals surface area (Å²) in [5.74, 6) is 1.29. The molecular formula is C23H27N3O. The number of rotatable bonds is 3. The van der Waals surface area contributed by atoms with Crippen molar-refractivity contribution in [3.05, 3.63) is 64.8 Å². The second kappa shape index (κ2) is 5.95. The first-order valence-corrected chi connectivity index (χ1v) is 9.50. The second-order valence-electron chi connectivity index (χ2n) is 9.09. The van der Waals surface area contributed by atoms with Gasteiger partial charge in [0.05, 0.1) is 5.41 Å². The molecule has 0 amide bonds. The van der Waals surface area contributed by atoms with Crippen molar-refractivity contribution in [2.45, 2.75) is 52.9 Å². The van der Waals surface area contributed by atoms with E-state index in [2.05, 4.69) is 74.2 Å². The normalized spacial score (nSPS) is 15.3. The molecule has 0 saturated heterocycles. The van der Waals surface area contributed by atoms with Crippen molar-refractivity contribution < 1.29 is 4.52 Å². The molecule has 1 aliphatic rings. The van der Waals surface area contributed by atoms with E-state index in [0.29, 0.717) is 11.7 Å². The molecule has 0 saturated carbocycles. The number of nitrogen functional groups attached to an aromatic ring is 1. The van der Waals surface area contributed by atoms with Crippen molar-refractivity contribution in [1.29, 1.82) is 0 Å². The van der Waals surface area contributed by atoms with Gasteiger partial charge >= 0.3 is 0 Å². The van der Waals surface area contributed by atoms with Gasteiger partial charge in [-0.2, -0.15) is 4.98 Å². The number of aromatic nitrogens is 2. The van der Waals surface area contributed by atoms with Crippen LogP contribution in [-0.2, 0) is 11.8 Å². The van der Waals surface area contributed by atoms with Crippen molar-refractivity contribution in [3.8, 4) is 11.1 Å². The quantitative estimate of drug-likeness (QED) is 0.505. The van der Waals surface area contributed by atoms with Crippen LogP contribution >= 0.6 is 0 Å². The third-order valence-electron chi connectivity index (χ3n) is 5.53. The Labute approximate surface area is 160 Å². The van der Waals surface area contributed by atoms with Crippen LogP contribution in [-0.4, -0.2) is 10.1 Å². The highest BCUT2D eigenvalue weighted by Gasteiger charge is 2.40. The first kappa shape index (κ1) is 17.8. The topological polar surface area (TPSA) is 64.9 Å². The number of nitrogens with zero attached hydrogens (tertiary/aromatic N) is 2. The minimum Gasteiger partial charge on any atom is -0.398 e. The van der Waals surface area contributed by atoms with Gasteiger partial charge in [0.25, 0.3) is 0 Å². The molecular weight excluding hydrogens is 334 g/mol. The van der Waals surface area contributed by atoms with Gasteiger partial charge in [-0.25, -0.2) is 0 Å². The summed E-state index contributed by atoms with van der Waals surface area (Å²) in [6.07, 6.45) is 1.75. The summed E-state index contributed by atoms with van der Waals surface area (Å²) in [7, 11) is 0. The molecule has 1 heterocycles. The molecule has 1 aliphatic carbocycles. The fourth-order valence-electron chi connectivity index (χ4n) is 4.60. The van der Waals surface area contributed by atoms with Crippen LogP contribution in [0.15, 0.2) is 40.9 Å². The zero-order valence-electron chi connectivity index (χ0n) is 16.8. The highest BCUT2D eigenvalue weighted by atomic mass is 16.5. The Morgan fingerprint density at radius 3 is 2.44 bits per heavy atom. The average Bonchev–Trinajstić information content (AvgIpc) is 3.18. The fourth-order valence-corrected chi connectivity index (χ4v) is 4.60. The van der Waals surface area contributed by atoms with Gasteiger partial charge in [0, 0.05) is 19.0 Å².